The Bertz CT molecular complexity index is 756. The van der Waals surface area contributed by atoms with Crippen LogP contribution in [0.1, 0.15) is 17.2 Å². The van der Waals surface area contributed by atoms with Gasteiger partial charge in [0.2, 0.25) is 0 Å². The molecular formula is C17H17Cl2F2NO5. The molecule has 1 atom stereocenters. The number of rotatable bonds is 9. The van der Waals surface area contributed by atoms with Gasteiger partial charge in [0.25, 0.3) is 0 Å². The van der Waals surface area contributed by atoms with E-state index in [2.05, 4.69) is 4.74 Å². The van der Waals surface area contributed by atoms with Crippen molar-refractivity contribution in [2.75, 3.05) is 20.3 Å². The molecule has 148 valence electrons. The van der Waals surface area contributed by atoms with E-state index in [1.807, 2.05) is 0 Å². The van der Waals surface area contributed by atoms with E-state index >= 15 is 0 Å². The minimum absolute atomic E-state index is 0.00503. The van der Waals surface area contributed by atoms with Crippen LogP contribution in [-0.2, 0) is 11.2 Å². The lowest BCUT2D eigenvalue weighted by molar-refractivity contribution is -0.605. The van der Waals surface area contributed by atoms with E-state index < -0.39 is 12.7 Å². The van der Waals surface area contributed by atoms with Crippen molar-refractivity contribution in [3.05, 3.63) is 57.0 Å². The first-order chi connectivity index (χ1) is 12.8. The lowest BCUT2D eigenvalue weighted by Crippen LogP contribution is -2.25. The molecule has 1 heterocycles. The van der Waals surface area contributed by atoms with Crippen LogP contribution >= 0.6 is 23.2 Å². The van der Waals surface area contributed by atoms with Crippen molar-refractivity contribution in [1.82, 2.24) is 0 Å². The topological polar surface area (TPSA) is 74.9 Å². The zero-order chi connectivity index (χ0) is 20.0. The Morgan fingerprint density at radius 3 is 2.41 bits per heavy atom. The normalized spacial score (nSPS) is 12.3. The van der Waals surface area contributed by atoms with Gasteiger partial charge >= 0.3 is 6.61 Å². The largest absolute Gasteiger partial charge is 0.619 e. The van der Waals surface area contributed by atoms with Gasteiger partial charge in [-0.15, -0.1) is 0 Å². The van der Waals surface area contributed by atoms with Crippen LogP contribution in [0.2, 0.25) is 10.0 Å². The first-order valence-electron chi connectivity index (χ1n) is 7.77. The molecule has 0 bridgehead atoms. The molecule has 0 aliphatic rings. The molecule has 0 amide bonds. The van der Waals surface area contributed by atoms with Crippen molar-refractivity contribution < 1.29 is 32.8 Å². The average Bonchev–Trinajstić information content (AvgIpc) is 2.59. The maximum atomic E-state index is 12.5. The third kappa shape index (κ3) is 6.07. The molecule has 0 radical (unpaired) electrons. The Morgan fingerprint density at radius 1 is 1.15 bits per heavy atom. The van der Waals surface area contributed by atoms with Gasteiger partial charge in [0.1, 0.15) is 16.7 Å². The van der Waals surface area contributed by atoms with E-state index in [-0.39, 0.29) is 41.2 Å². The van der Waals surface area contributed by atoms with Gasteiger partial charge in [0.05, 0.1) is 12.7 Å². The van der Waals surface area contributed by atoms with E-state index in [0.29, 0.717) is 15.9 Å². The summed E-state index contributed by atoms with van der Waals surface area (Å²) in [6.45, 7) is -2.67. The second kappa shape index (κ2) is 9.89. The number of nitrogens with zero attached hydrogens (tertiary/aromatic N) is 1. The molecule has 0 fully saturated rings. The average molecular weight is 424 g/mol. The second-order valence-corrected chi connectivity index (χ2v) is 6.25. The van der Waals surface area contributed by atoms with E-state index in [9.17, 15) is 19.1 Å². The number of pyridine rings is 1. The molecule has 2 aromatic rings. The minimum Gasteiger partial charge on any atom is -0.619 e. The van der Waals surface area contributed by atoms with Crippen LogP contribution in [0.4, 0.5) is 8.78 Å². The summed E-state index contributed by atoms with van der Waals surface area (Å²) < 4.78 is 40.2. The third-order valence-corrected chi connectivity index (χ3v) is 4.22. The van der Waals surface area contributed by atoms with Crippen molar-refractivity contribution in [3.8, 4) is 11.5 Å². The highest BCUT2D eigenvalue weighted by Crippen LogP contribution is 2.34. The number of alkyl halides is 2. The number of ether oxygens (including phenoxy) is 3. The van der Waals surface area contributed by atoms with Gasteiger partial charge in [-0.3, -0.25) is 0 Å². The number of aromatic nitrogens is 1. The van der Waals surface area contributed by atoms with Gasteiger partial charge in [-0.05, 0) is 17.7 Å². The van der Waals surface area contributed by atoms with E-state index in [1.54, 1.807) is 0 Å². The van der Waals surface area contributed by atoms with Gasteiger partial charge in [0.15, 0.2) is 23.9 Å². The van der Waals surface area contributed by atoms with Crippen molar-refractivity contribution in [1.29, 1.82) is 0 Å². The second-order valence-electron chi connectivity index (χ2n) is 5.44. The predicted octanol–water partition coefficient (Wildman–Crippen LogP) is 3.53. The van der Waals surface area contributed by atoms with Crippen LogP contribution < -0.4 is 14.2 Å². The predicted molar refractivity (Wildman–Crippen MR) is 94.5 cm³/mol. The highest BCUT2D eigenvalue weighted by atomic mass is 35.5. The summed E-state index contributed by atoms with van der Waals surface area (Å²) in [5, 5.41) is 22.0. The highest BCUT2D eigenvalue weighted by molar-refractivity contribution is 6.35. The molecule has 2 rings (SSSR count). The van der Waals surface area contributed by atoms with Crippen LogP contribution in [0.15, 0.2) is 30.6 Å². The molecule has 27 heavy (non-hydrogen) atoms. The Hall–Kier alpha value is -1.87. The number of halogens is 4. The number of hydrogen-bond acceptors (Lipinski definition) is 5. The fourth-order valence-corrected chi connectivity index (χ4v) is 2.91. The van der Waals surface area contributed by atoms with Gasteiger partial charge in [-0.2, -0.15) is 13.5 Å². The van der Waals surface area contributed by atoms with Crippen LogP contribution in [0.5, 0.6) is 11.5 Å². The van der Waals surface area contributed by atoms with Crippen molar-refractivity contribution in [2.45, 2.75) is 19.1 Å². The van der Waals surface area contributed by atoms with Crippen molar-refractivity contribution >= 4 is 23.2 Å². The molecule has 0 unspecified atom stereocenters. The minimum atomic E-state index is -3.02. The summed E-state index contributed by atoms with van der Waals surface area (Å²) in [5.41, 5.74) is 0.753. The molecule has 1 aromatic carbocycles. The van der Waals surface area contributed by atoms with Crippen molar-refractivity contribution in [3.63, 3.8) is 0 Å². The summed E-state index contributed by atoms with van der Waals surface area (Å²) in [6, 6.07) is 4.08. The molecule has 0 saturated heterocycles. The van der Waals surface area contributed by atoms with Gasteiger partial charge in [-0.1, -0.05) is 29.3 Å². The Balaban J connectivity index is 2.24. The van der Waals surface area contributed by atoms with Crippen LogP contribution in [0.3, 0.4) is 0 Å². The van der Waals surface area contributed by atoms with Crippen molar-refractivity contribution in [2.24, 2.45) is 0 Å². The van der Waals surface area contributed by atoms with E-state index in [1.165, 1.54) is 25.3 Å². The highest BCUT2D eigenvalue weighted by Gasteiger charge is 2.19. The third-order valence-electron chi connectivity index (χ3n) is 3.57. The van der Waals surface area contributed by atoms with E-state index in [0.717, 1.165) is 12.4 Å². The first kappa shape index (κ1) is 21.4. The quantitative estimate of drug-likeness (QED) is 0.379. The standard InChI is InChI=1S/C17H17Cl2F2NO5/c1-25-4-5-26-16-6-10(2-3-15(16)27-17(20)21)14(23)7-11-12(18)8-22(24)9-13(11)19/h2-3,6,8-9,14,17,23H,4-5,7H2,1H3/t14-/m0/s1. The molecule has 1 aromatic heterocycles. The molecule has 0 aliphatic heterocycles. The lowest BCUT2D eigenvalue weighted by atomic mass is 10.0. The zero-order valence-corrected chi connectivity index (χ0v) is 15.7. The summed E-state index contributed by atoms with van der Waals surface area (Å²) in [6.07, 6.45) is 1.17. The SMILES string of the molecule is COCCOc1cc([C@@H](O)Cc2c(Cl)c[n+]([O-])cc2Cl)ccc1OC(F)F. The molecule has 0 saturated carbocycles. The molecule has 10 heteroatoms. The zero-order valence-electron chi connectivity index (χ0n) is 14.2. The lowest BCUT2D eigenvalue weighted by Gasteiger charge is -2.17. The fraction of sp³-hybridized carbons (Fsp3) is 0.353. The van der Waals surface area contributed by atoms with Gasteiger partial charge in [-0.25, -0.2) is 0 Å². The van der Waals surface area contributed by atoms with Crippen LogP contribution in [0, 0.1) is 5.21 Å². The molecule has 0 aliphatic carbocycles. The monoisotopic (exact) mass is 423 g/mol. The number of hydrogen-bond donors (Lipinski definition) is 1. The summed E-state index contributed by atoms with van der Waals surface area (Å²) >= 11 is 12.0. The van der Waals surface area contributed by atoms with Gasteiger partial charge < -0.3 is 24.5 Å². The smallest absolute Gasteiger partial charge is 0.387 e. The fourth-order valence-electron chi connectivity index (χ4n) is 2.31. The van der Waals surface area contributed by atoms with Crippen LogP contribution in [-0.4, -0.2) is 32.0 Å². The number of methoxy groups -OCH3 is 1. The molecule has 1 N–H and O–H groups in total. The maximum absolute atomic E-state index is 12.5. The number of benzene rings is 1. The molecule has 6 nitrogen and oxygen atoms in total. The Labute approximate surface area is 164 Å². The first-order valence-corrected chi connectivity index (χ1v) is 8.52. The Kier molecular flexibility index (Phi) is 7.85. The maximum Gasteiger partial charge on any atom is 0.387 e. The summed E-state index contributed by atoms with van der Waals surface area (Å²) in [5.74, 6) is -0.133. The molecular weight excluding hydrogens is 407 g/mol. The molecule has 0 spiro atoms. The number of aliphatic hydroxyl groups excluding tert-OH is 1. The summed E-state index contributed by atoms with van der Waals surface area (Å²) in [7, 11) is 1.47. The van der Waals surface area contributed by atoms with E-state index in [4.69, 9.17) is 32.7 Å². The van der Waals surface area contributed by atoms with Gasteiger partial charge in [0, 0.05) is 19.1 Å². The Morgan fingerprint density at radius 2 is 1.81 bits per heavy atom. The van der Waals surface area contributed by atoms with Crippen LogP contribution in [0.25, 0.3) is 0 Å². The number of aliphatic hydroxyl groups is 1. The summed E-state index contributed by atoms with van der Waals surface area (Å²) in [4.78, 5) is 0.